The van der Waals surface area contributed by atoms with Crippen LogP contribution in [0.2, 0.25) is 0 Å². The Labute approximate surface area is 70.7 Å². The first-order valence-corrected chi connectivity index (χ1v) is 3.87. The minimum Gasteiger partial charge on any atom is -0.385 e. The number of aromatic amines is 1. The second-order valence-corrected chi connectivity index (χ2v) is 3.13. The maximum Gasteiger partial charge on any atom is 0.131 e. The lowest BCUT2D eigenvalue weighted by Crippen LogP contribution is -2.00. The number of hydrogen-bond donors (Lipinski definition) is 2. The molecule has 4 heteroatoms. The van der Waals surface area contributed by atoms with Crippen molar-refractivity contribution in [3.05, 3.63) is 16.5 Å². The quantitative estimate of drug-likeness (QED) is 0.631. The van der Waals surface area contributed by atoms with Gasteiger partial charge in [-0.1, -0.05) is 26.1 Å². The van der Waals surface area contributed by atoms with E-state index in [9.17, 15) is 0 Å². The van der Waals surface area contributed by atoms with Crippen molar-refractivity contribution in [3.8, 4) is 0 Å². The molecule has 1 aromatic rings. The van der Waals surface area contributed by atoms with Crippen LogP contribution in [0.15, 0.2) is 6.07 Å². The number of H-pyrrole nitrogens is 1. The van der Waals surface area contributed by atoms with Crippen LogP contribution in [0.4, 0.5) is 5.82 Å². The number of nitrogens with two attached hydrogens (primary N) is 1. The fraction of sp³-hybridized carbons (Fsp3) is 0.429. The Morgan fingerprint density at radius 1 is 1.64 bits per heavy atom. The van der Waals surface area contributed by atoms with Crippen LogP contribution in [0, 0.1) is 4.64 Å². The number of aromatic nitrogens is 2. The van der Waals surface area contributed by atoms with Crippen LogP contribution >= 0.6 is 12.2 Å². The molecule has 1 rings (SSSR count). The largest absolute Gasteiger partial charge is 0.385 e. The molecule has 3 nitrogen and oxygen atoms in total. The lowest BCUT2D eigenvalue weighted by atomic mass is 10.2. The van der Waals surface area contributed by atoms with E-state index < -0.39 is 0 Å². The number of nitrogen functional groups attached to an aromatic ring is 1. The maximum absolute atomic E-state index is 5.54. The van der Waals surface area contributed by atoms with Crippen LogP contribution in [-0.4, -0.2) is 9.97 Å². The van der Waals surface area contributed by atoms with Gasteiger partial charge in [0.15, 0.2) is 0 Å². The Morgan fingerprint density at radius 2 is 2.27 bits per heavy atom. The summed E-state index contributed by atoms with van der Waals surface area (Å²) >= 11 is 4.90. The van der Waals surface area contributed by atoms with Crippen LogP contribution < -0.4 is 5.73 Å². The van der Waals surface area contributed by atoms with E-state index in [1.54, 1.807) is 6.07 Å². The summed E-state index contributed by atoms with van der Waals surface area (Å²) in [6, 6.07) is 1.64. The zero-order valence-corrected chi connectivity index (χ0v) is 7.40. The van der Waals surface area contributed by atoms with E-state index in [1.165, 1.54) is 0 Å². The lowest BCUT2D eigenvalue weighted by Gasteiger charge is -2.04. The number of anilines is 1. The van der Waals surface area contributed by atoms with Gasteiger partial charge in [0, 0.05) is 12.0 Å². The number of nitrogens with one attached hydrogen (secondary N) is 1. The van der Waals surface area contributed by atoms with Gasteiger partial charge in [0.05, 0.1) is 0 Å². The van der Waals surface area contributed by atoms with Gasteiger partial charge in [-0.3, -0.25) is 0 Å². The molecule has 0 saturated carbocycles. The SMILES string of the molecule is CC(C)c1nc(=S)cc(N)[nH]1. The van der Waals surface area contributed by atoms with E-state index in [0.717, 1.165) is 5.82 Å². The van der Waals surface area contributed by atoms with Gasteiger partial charge >= 0.3 is 0 Å². The summed E-state index contributed by atoms with van der Waals surface area (Å²) in [5, 5.41) is 0. The number of rotatable bonds is 1. The smallest absolute Gasteiger partial charge is 0.131 e. The molecule has 1 heterocycles. The first kappa shape index (κ1) is 8.20. The molecule has 60 valence electrons. The Bertz CT molecular complexity index is 303. The summed E-state index contributed by atoms with van der Waals surface area (Å²) in [5.41, 5.74) is 5.54. The molecule has 11 heavy (non-hydrogen) atoms. The van der Waals surface area contributed by atoms with Gasteiger partial charge in [-0.15, -0.1) is 0 Å². The highest BCUT2D eigenvalue weighted by Gasteiger charge is 2.00. The van der Waals surface area contributed by atoms with Crippen molar-refractivity contribution in [1.29, 1.82) is 0 Å². The Hall–Kier alpha value is -0.900. The summed E-state index contributed by atoms with van der Waals surface area (Å²) < 4.78 is 0.546. The molecule has 0 aliphatic rings. The summed E-state index contributed by atoms with van der Waals surface area (Å²) in [6.07, 6.45) is 0. The number of hydrogen-bond acceptors (Lipinski definition) is 3. The van der Waals surface area contributed by atoms with Crippen LogP contribution in [0.25, 0.3) is 0 Å². The van der Waals surface area contributed by atoms with Gasteiger partial charge in [0.25, 0.3) is 0 Å². The van der Waals surface area contributed by atoms with Crippen molar-refractivity contribution in [2.45, 2.75) is 19.8 Å². The molecule has 0 aromatic carbocycles. The van der Waals surface area contributed by atoms with Gasteiger partial charge in [0.1, 0.15) is 16.3 Å². The summed E-state index contributed by atoms with van der Waals surface area (Å²) in [6.45, 7) is 4.07. The average Bonchev–Trinajstić information content (AvgIpc) is 1.85. The molecule has 0 fully saturated rings. The van der Waals surface area contributed by atoms with Crippen LogP contribution in [0.1, 0.15) is 25.6 Å². The van der Waals surface area contributed by atoms with E-state index >= 15 is 0 Å². The molecule has 0 saturated heterocycles. The molecule has 0 amide bonds. The lowest BCUT2D eigenvalue weighted by molar-refractivity contribution is 0.774. The Balaban J connectivity index is 3.19. The van der Waals surface area contributed by atoms with Crippen molar-refractivity contribution in [3.63, 3.8) is 0 Å². The van der Waals surface area contributed by atoms with Crippen LogP contribution in [-0.2, 0) is 0 Å². The standard InChI is InChI=1S/C7H11N3S/c1-4(2)7-9-5(8)3-6(11)10-7/h3-4H,1-2H3,(H3,8,9,10,11). The fourth-order valence-electron chi connectivity index (χ4n) is 0.769. The summed E-state index contributed by atoms with van der Waals surface area (Å²) in [7, 11) is 0. The predicted molar refractivity (Wildman–Crippen MR) is 47.9 cm³/mol. The van der Waals surface area contributed by atoms with Crippen molar-refractivity contribution < 1.29 is 0 Å². The molecule has 0 radical (unpaired) electrons. The first-order chi connectivity index (χ1) is 5.09. The molecule has 3 N–H and O–H groups in total. The molecular weight excluding hydrogens is 158 g/mol. The summed E-state index contributed by atoms with van der Waals surface area (Å²) in [5.74, 6) is 1.75. The van der Waals surface area contributed by atoms with Crippen molar-refractivity contribution in [1.82, 2.24) is 9.97 Å². The first-order valence-electron chi connectivity index (χ1n) is 3.46. The minimum atomic E-state index is 0.334. The average molecular weight is 169 g/mol. The monoisotopic (exact) mass is 169 g/mol. The zero-order valence-electron chi connectivity index (χ0n) is 6.59. The molecule has 0 bridgehead atoms. The molecule has 0 spiro atoms. The van der Waals surface area contributed by atoms with Gasteiger partial charge in [0.2, 0.25) is 0 Å². The minimum absolute atomic E-state index is 0.334. The van der Waals surface area contributed by atoms with Crippen LogP contribution in [0.3, 0.4) is 0 Å². The normalized spacial score (nSPS) is 10.5. The van der Waals surface area contributed by atoms with Gasteiger partial charge < -0.3 is 10.7 Å². The second kappa shape index (κ2) is 3.00. The van der Waals surface area contributed by atoms with Gasteiger partial charge in [-0.05, 0) is 0 Å². The highest BCUT2D eigenvalue weighted by atomic mass is 32.1. The van der Waals surface area contributed by atoms with Gasteiger partial charge in [-0.25, -0.2) is 4.98 Å². The van der Waals surface area contributed by atoms with E-state index in [1.807, 2.05) is 13.8 Å². The van der Waals surface area contributed by atoms with Crippen LogP contribution in [0.5, 0.6) is 0 Å². The van der Waals surface area contributed by atoms with Crippen molar-refractivity contribution >= 4 is 18.0 Å². The molecule has 0 aliphatic heterocycles. The van der Waals surface area contributed by atoms with Crippen molar-refractivity contribution in [2.24, 2.45) is 0 Å². The maximum atomic E-state index is 5.54. The second-order valence-electron chi connectivity index (χ2n) is 2.71. The van der Waals surface area contributed by atoms with E-state index in [2.05, 4.69) is 9.97 Å². The predicted octanol–water partition coefficient (Wildman–Crippen LogP) is 1.84. The highest BCUT2D eigenvalue weighted by molar-refractivity contribution is 7.71. The third kappa shape index (κ3) is 2.01. The van der Waals surface area contributed by atoms with E-state index in [4.69, 9.17) is 18.0 Å². The molecule has 0 atom stereocenters. The zero-order chi connectivity index (χ0) is 8.43. The molecular formula is C7H11N3S. The number of nitrogens with zero attached hydrogens (tertiary/aromatic N) is 1. The molecule has 1 aromatic heterocycles. The summed E-state index contributed by atoms with van der Waals surface area (Å²) in [4.78, 5) is 7.06. The van der Waals surface area contributed by atoms with E-state index in [0.29, 0.717) is 16.4 Å². The Kier molecular flexibility index (Phi) is 2.24. The molecule has 0 aliphatic carbocycles. The third-order valence-electron chi connectivity index (χ3n) is 1.33. The highest BCUT2D eigenvalue weighted by Crippen LogP contribution is 2.09. The molecule has 0 unspecified atom stereocenters. The Morgan fingerprint density at radius 3 is 2.73 bits per heavy atom. The van der Waals surface area contributed by atoms with E-state index in [-0.39, 0.29) is 0 Å². The van der Waals surface area contributed by atoms with Gasteiger partial charge in [-0.2, -0.15) is 0 Å². The van der Waals surface area contributed by atoms with Crippen molar-refractivity contribution in [2.75, 3.05) is 5.73 Å². The third-order valence-corrected chi connectivity index (χ3v) is 1.54. The fourth-order valence-corrected chi connectivity index (χ4v) is 0.995. The topological polar surface area (TPSA) is 54.7 Å².